The summed E-state index contributed by atoms with van der Waals surface area (Å²) in [6.07, 6.45) is 0. The lowest BCUT2D eigenvalue weighted by molar-refractivity contribution is 0.477. The minimum Gasteiger partial charge on any atom is -0.453 e. The van der Waals surface area contributed by atoms with Gasteiger partial charge in [0, 0.05) is 5.69 Å². The molecule has 0 aliphatic carbocycles. The fourth-order valence-electron chi connectivity index (χ4n) is 3.73. The lowest BCUT2D eigenvalue weighted by atomic mass is 9.98. The van der Waals surface area contributed by atoms with Gasteiger partial charge in [0.2, 0.25) is 0 Å². The predicted molar refractivity (Wildman–Crippen MR) is 116 cm³/mol. The van der Waals surface area contributed by atoms with E-state index in [0.29, 0.717) is 11.1 Å². The van der Waals surface area contributed by atoms with E-state index in [1.165, 1.54) is 0 Å². The molecule has 5 rings (SSSR count). The monoisotopic (exact) mass is 385 g/mol. The summed E-state index contributed by atoms with van der Waals surface area (Å²) in [5, 5.41) is 18.6. The second kappa shape index (κ2) is 7.13. The third-order valence-electron chi connectivity index (χ3n) is 5.14. The zero-order valence-electron chi connectivity index (χ0n) is 15.9. The Morgan fingerprint density at radius 2 is 1.30 bits per heavy atom. The molecule has 0 spiro atoms. The zero-order chi connectivity index (χ0) is 20.5. The van der Waals surface area contributed by atoms with Gasteiger partial charge in [-0.15, -0.1) is 0 Å². The van der Waals surface area contributed by atoms with Crippen molar-refractivity contribution in [2.45, 2.75) is 0 Å². The summed E-state index contributed by atoms with van der Waals surface area (Å²) in [7, 11) is 0. The Labute approximate surface area is 174 Å². The highest BCUT2D eigenvalue weighted by atomic mass is 16.5. The highest BCUT2D eigenvalue weighted by Gasteiger charge is 2.25. The van der Waals surface area contributed by atoms with E-state index in [4.69, 9.17) is 10.00 Å². The molecule has 0 fully saturated rings. The summed E-state index contributed by atoms with van der Waals surface area (Å²) >= 11 is 0. The number of hydrogen-bond donors (Lipinski definition) is 0. The molecule has 0 aromatic heterocycles. The maximum absolute atomic E-state index is 9.50. The van der Waals surface area contributed by atoms with E-state index < -0.39 is 0 Å². The van der Waals surface area contributed by atoms with Gasteiger partial charge in [-0.2, -0.15) is 10.5 Å². The summed E-state index contributed by atoms with van der Waals surface area (Å²) in [6, 6.07) is 33.4. The third kappa shape index (κ3) is 2.85. The van der Waals surface area contributed by atoms with Crippen LogP contribution in [0.4, 0.5) is 17.1 Å². The van der Waals surface area contributed by atoms with Gasteiger partial charge in [0.25, 0.3) is 0 Å². The fourth-order valence-corrected chi connectivity index (χ4v) is 3.73. The van der Waals surface area contributed by atoms with E-state index in [2.05, 4.69) is 17.0 Å². The van der Waals surface area contributed by atoms with E-state index in [-0.39, 0.29) is 0 Å². The van der Waals surface area contributed by atoms with Gasteiger partial charge in [-0.3, -0.25) is 0 Å². The molecule has 0 amide bonds. The van der Waals surface area contributed by atoms with Crippen molar-refractivity contribution >= 4 is 17.1 Å². The van der Waals surface area contributed by atoms with E-state index in [1.807, 2.05) is 78.9 Å². The van der Waals surface area contributed by atoms with Crippen LogP contribution in [0.2, 0.25) is 0 Å². The van der Waals surface area contributed by atoms with Crippen LogP contribution in [0.15, 0.2) is 91.0 Å². The first-order chi connectivity index (χ1) is 14.8. The average molecular weight is 385 g/mol. The molecule has 30 heavy (non-hydrogen) atoms. The number of ether oxygens (including phenoxy) is 1. The van der Waals surface area contributed by atoms with Crippen molar-refractivity contribution in [3.05, 3.63) is 102 Å². The lowest BCUT2D eigenvalue weighted by Gasteiger charge is -2.32. The molecule has 1 aliphatic rings. The van der Waals surface area contributed by atoms with Crippen LogP contribution >= 0.6 is 0 Å². The van der Waals surface area contributed by atoms with E-state index in [9.17, 15) is 5.26 Å². The lowest BCUT2D eigenvalue weighted by Crippen LogP contribution is -2.15. The first-order valence-corrected chi connectivity index (χ1v) is 9.49. The largest absolute Gasteiger partial charge is 0.453 e. The molecule has 0 radical (unpaired) electrons. The Hall–Kier alpha value is -4.54. The van der Waals surface area contributed by atoms with E-state index in [1.54, 1.807) is 12.1 Å². The van der Waals surface area contributed by atoms with Gasteiger partial charge in [-0.05, 0) is 59.7 Å². The quantitative estimate of drug-likeness (QED) is 0.340. The topological polar surface area (TPSA) is 60.1 Å². The first-order valence-electron chi connectivity index (χ1n) is 9.49. The SMILES string of the molecule is N#Cc1ccc(-c2ccc(N3c4ccccc4Oc4ccccc43)cc2)c(C#N)c1. The van der Waals surface area contributed by atoms with Crippen molar-refractivity contribution in [2.24, 2.45) is 0 Å². The molecular formula is C26H15N3O. The summed E-state index contributed by atoms with van der Waals surface area (Å²) in [5.74, 6) is 1.61. The molecule has 4 aromatic rings. The van der Waals surface area contributed by atoms with Gasteiger partial charge in [0.15, 0.2) is 11.5 Å². The van der Waals surface area contributed by atoms with Crippen LogP contribution in [0.25, 0.3) is 11.1 Å². The van der Waals surface area contributed by atoms with Crippen molar-refractivity contribution in [3.8, 4) is 34.8 Å². The van der Waals surface area contributed by atoms with E-state index >= 15 is 0 Å². The fraction of sp³-hybridized carbons (Fsp3) is 0. The molecule has 0 N–H and O–H groups in total. The van der Waals surface area contributed by atoms with Gasteiger partial charge < -0.3 is 9.64 Å². The van der Waals surface area contributed by atoms with E-state index in [0.717, 1.165) is 39.7 Å². The van der Waals surface area contributed by atoms with Gasteiger partial charge in [-0.25, -0.2) is 0 Å². The Morgan fingerprint density at radius 3 is 1.90 bits per heavy atom. The van der Waals surface area contributed by atoms with Gasteiger partial charge in [-0.1, -0.05) is 42.5 Å². The van der Waals surface area contributed by atoms with Crippen LogP contribution in [-0.4, -0.2) is 0 Å². The molecular weight excluding hydrogens is 370 g/mol. The molecule has 4 aromatic carbocycles. The summed E-state index contributed by atoms with van der Waals surface area (Å²) in [4.78, 5) is 2.17. The second-order valence-electron chi connectivity index (χ2n) is 6.90. The number of benzene rings is 4. The normalized spacial score (nSPS) is 11.5. The molecule has 4 heteroatoms. The molecule has 0 bridgehead atoms. The Bertz CT molecular complexity index is 1300. The minimum absolute atomic E-state index is 0.480. The van der Waals surface area contributed by atoms with Crippen LogP contribution < -0.4 is 9.64 Å². The Morgan fingerprint density at radius 1 is 0.667 bits per heavy atom. The second-order valence-corrected chi connectivity index (χ2v) is 6.90. The van der Waals surface area contributed by atoms with Crippen LogP contribution in [0.3, 0.4) is 0 Å². The maximum atomic E-state index is 9.50. The molecule has 0 unspecified atom stereocenters. The highest BCUT2D eigenvalue weighted by molar-refractivity contribution is 5.86. The number of rotatable bonds is 2. The van der Waals surface area contributed by atoms with Gasteiger partial charge >= 0.3 is 0 Å². The number of nitrogens with zero attached hydrogens (tertiary/aromatic N) is 3. The molecule has 0 saturated heterocycles. The third-order valence-corrected chi connectivity index (χ3v) is 5.14. The molecule has 0 atom stereocenters. The van der Waals surface area contributed by atoms with Crippen LogP contribution in [0.5, 0.6) is 11.5 Å². The van der Waals surface area contributed by atoms with Gasteiger partial charge in [0.05, 0.1) is 34.6 Å². The van der Waals surface area contributed by atoms with Crippen molar-refractivity contribution in [1.29, 1.82) is 10.5 Å². The van der Waals surface area contributed by atoms with Crippen molar-refractivity contribution < 1.29 is 4.74 Å². The average Bonchev–Trinajstić information content (AvgIpc) is 2.82. The van der Waals surface area contributed by atoms with Crippen molar-refractivity contribution in [1.82, 2.24) is 0 Å². The molecule has 140 valence electrons. The summed E-state index contributed by atoms with van der Waals surface area (Å²) in [6.45, 7) is 0. The summed E-state index contributed by atoms with van der Waals surface area (Å²) < 4.78 is 6.07. The number of anilines is 3. The number of nitriles is 2. The van der Waals surface area contributed by atoms with Crippen molar-refractivity contribution in [2.75, 3.05) is 4.90 Å². The standard InChI is InChI=1S/C26H15N3O/c27-16-18-9-14-22(20(15-18)17-28)19-10-12-21(13-11-19)29-23-5-1-3-7-25(23)30-26-8-4-2-6-24(26)29/h1-15H. The first kappa shape index (κ1) is 17.6. The molecule has 0 saturated carbocycles. The van der Waals surface area contributed by atoms with Crippen LogP contribution in [0.1, 0.15) is 11.1 Å². The molecule has 1 aliphatic heterocycles. The summed E-state index contributed by atoms with van der Waals surface area (Å²) in [5.41, 5.74) is 5.65. The van der Waals surface area contributed by atoms with Crippen molar-refractivity contribution in [3.63, 3.8) is 0 Å². The Balaban J connectivity index is 1.60. The molecule has 1 heterocycles. The maximum Gasteiger partial charge on any atom is 0.151 e. The van der Waals surface area contributed by atoms with Gasteiger partial charge in [0.1, 0.15) is 0 Å². The Kier molecular flexibility index (Phi) is 4.17. The van der Waals surface area contributed by atoms with Crippen LogP contribution in [0, 0.1) is 22.7 Å². The molecule has 4 nitrogen and oxygen atoms in total. The number of para-hydroxylation sites is 4. The van der Waals surface area contributed by atoms with Crippen LogP contribution in [-0.2, 0) is 0 Å². The minimum atomic E-state index is 0.480. The zero-order valence-corrected chi connectivity index (χ0v) is 15.9. The smallest absolute Gasteiger partial charge is 0.151 e. The highest BCUT2D eigenvalue weighted by Crippen LogP contribution is 2.50. The number of fused-ring (bicyclic) bond motifs is 2. The number of hydrogen-bond acceptors (Lipinski definition) is 4. The predicted octanol–water partition coefficient (Wildman–Crippen LogP) is 6.67.